The predicted octanol–water partition coefficient (Wildman–Crippen LogP) is 4.12. The summed E-state index contributed by atoms with van der Waals surface area (Å²) in [5.74, 6) is -1.02. The van der Waals surface area contributed by atoms with Crippen molar-refractivity contribution in [2.45, 2.75) is 19.4 Å². The fourth-order valence-corrected chi connectivity index (χ4v) is 1.87. The van der Waals surface area contributed by atoms with E-state index in [-0.39, 0.29) is 18.8 Å². The van der Waals surface area contributed by atoms with E-state index < -0.39 is 17.7 Å². The zero-order valence-corrected chi connectivity index (χ0v) is 11.4. The lowest BCUT2D eigenvalue weighted by Gasteiger charge is -2.09. The van der Waals surface area contributed by atoms with Gasteiger partial charge in [0.2, 0.25) is 0 Å². The average Bonchev–Trinajstić information content (AvgIpc) is 2.47. The summed E-state index contributed by atoms with van der Waals surface area (Å²) in [6.07, 6.45) is -4.37. The van der Waals surface area contributed by atoms with Crippen molar-refractivity contribution in [2.24, 2.45) is 0 Å². The van der Waals surface area contributed by atoms with E-state index in [2.05, 4.69) is 0 Å². The van der Waals surface area contributed by atoms with Gasteiger partial charge in [-0.2, -0.15) is 13.2 Å². The first-order valence-corrected chi connectivity index (χ1v) is 6.42. The number of carboxylic acids is 1. The largest absolute Gasteiger partial charge is 0.478 e. The van der Waals surface area contributed by atoms with E-state index in [0.717, 1.165) is 17.7 Å². The highest BCUT2D eigenvalue weighted by atomic mass is 19.4. The average molecular weight is 310 g/mol. The molecule has 0 aliphatic carbocycles. The zero-order valence-electron chi connectivity index (χ0n) is 11.4. The molecule has 0 aromatic heterocycles. The lowest BCUT2D eigenvalue weighted by Crippen LogP contribution is -2.05. The van der Waals surface area contributed by atoms with E-state index in [1.807, 2.05) is 0 Å². The third-order valence-electron chi connectivity index (χ3n) is 2.99. The Morgan fingerprint density at radius 2 is 1.64 bits per heavy atom. The van der Waals surface area contributed by atoms with Gasteiger partial charge in [0.25, 0.3) is 0 Å². The van der Waals surface area contributed by atoms with Gasteiger partial charge in [-0.15, -0.1) is 0 Å². The molecule has 0 amide bonds. The fourth-order valence-electron chi connectivity index (χ4n) is 1.87. The molecular formula is C16H13F3O3. The molecule has 2 aromatic rings. The number of alkyl halides is 3. The second kappa shape index (κ2) is 6.62. The number of hydrogen-bond acceptors (Lipinski definition) is 2. The molecule has 0 saturated carbocycles. The lowest BCUT2D eigenvalue weighted by atomic mass is 10.1. The third-order valence-corrected chi connectivity index (χ3v) is 2.99. The van der Waals surface area contributed by atoms with E-state index in [9.17, 15) is 18.0 Å². The highest BCUT2D eigenvalue weighted by Crippen LogP contribution is 2.29. The summed E-state index contributed by atoms with van der Waals surface area (Å²) < 4.78 is 43.1. The summed E-state index contributed by atoms with van der Waals surface area (Å²) in [5, 5.41) is 8.77. The van der Waals surface area contributed by atoms with Gasteiger partial charge in [-0.3, -0.25) is 0 Å². The topological polar surface area (TPSA) is 46.5 Å². The first-order valence-electron chi connectivity index (χ1n) is 6.42. The molecule has 0 unspecified atom stereocenters. The summed E-state index contributed by atoms with van der Waals surface area (Å²) in [5.41, 5.74) is 0.634. The summed E-state index contributed by atoms with van der Waals surface area (Å²) in [7, 11) is 0. The maximum atomic E-state index is 12.6. The molecule has 3 nitrogen and oxygen atoms in total. The van der Waals surface area contributed by atoms with E-state index in [4.69, 9.17) is 9.84 Å². The van der Waals surface area contributed by atoms with Crippen molar-refractivity contribution >= 4 is 5.97 Å². The van der Waals surface area contributed by atoms with Crippen molar-refractivity contribution < 1.29 is 27.8 Å². The number of carboxylic acid groups (broad SMARTS) is 1. The van der Waals surface area contributed by atoms with Crippen LogP contribution in [0.4, 0.5) is 13.2 Å². The molecule has 6 heteroatoms. The Morgan fingerprint density at radius 1 is 1.00 bits per heavy atom. The van der Waals surface area contributed by atoms with Crippen molar-refractivity contribution in [3.8, 4) is 0 Å². The van der Waals surface area contributed by atoms with Crippen molar-refractivity contribution in [1.29, 1.82) is 0 Å². The molecule has 0 radical (unpaired) electrons. The molecule has 0 saturated heterocycles. The van der Waals surface area contributed by atoms with Crippen LogP contribution in [-0.2, 0) is 24.1 Å². The molecule has 1 N–H and O–H groups in total. The molecule has 0 heterocycles. The quantitative estimate of drug-likeness (QED) is 0.903. The Balaban J connectivity index is 1.92. The molecule has 0 aliphatic rings. The second-order valence-electron chi connectivity index (χ2n) is 4.69. The van der Waals surface area contributed by atoms with Crippen LogP contribution in [0.3, 0.4) is 0 Å². The van der Waals surface area contributed by atoms with Crippen LogP contribution in [0.5, 0.6) is 0 Å². The number of benzene rings is 2. The third kappa shape index (κ3) is 4.33. The maximum absolute atomic E-state index is 12.6. The highest BCUT2D eigenvalue weighted by molar-refractivity contribution is 5.87. The summed E-state index contributed by atoms with van der Waals surface area (Å²) >= 11 is 0. The minimum atomic E-state index is -4.37. The standard InChI is InChI=1S/C16H13F3O3/c17-16(18,19)14-3-1-2-12(8-14)10-22-9-11-4-6-13(7-5-11)15(20)21/h1-8H,9-10H2,(H,20,21). The van der Waals surface area contributed by atoms with Gasteiger partial charge >= 0.3 is 12.1 Å². The van der Waals surface area contributed by atoms with Crippen molar-refractivity contribution in [2.75, 3.05) is 0 Å². The van der Waals surface area contributed by atoms with E-state index in [1.54, 1.807) is 18.2 Å². The first kappa shape index (κ1) is 16.0. The maximum Gasteiger partial charge on any atom is 0.416 e. The lowest BCUT2D eigenvalue weighted by molar-refractivity contribution is -0.137. The van der Waals surface area contributed by atoms with Gasteiger partial charge in [-0.05, 0) is 35.4 Å². The predicted molar refractivity (Wildman–Crippen MR) is 73.3 cm³/mol. The van der Waals surface area contributed by atoms with Gasteiger partial charge in [0, 0.05) is 0 Å². The van der Waals surface area contributed by atoms with Crippen LogP contribution < -0.4 is 0 Å². The number of aromatic carboxylic acids is 1. The van der Waals surface area contributed by atoms with Crippen LogP contribution in [0, 0.1) is 0 Å². The second-order valence-corrected chi connectivity index (χ2v) is 4.69. The number of halogens is 3. The van der Waals surface area contributed by atoms with E-state index in [0.29, 0.717) is 5.56 Å². The molecular weight excluding hydrogens is 297 g/mol. The van der Waals surface area contributed by atoms with E-state index >= 15 is 0 Å². The summed E-state index contributed by atoms with van der Waals surface area (Å²) in [4.78, 5) is 10.7. The highest BCUT2D eigenvalue weighted by Gasteiger charge is 2.30. The molecule has 116 valence electrons. The Kier molecular flexibility index (Phi) is 4.82. The van der Waals surface area contributed by atoms with Gasteiger partial charge in [0.1, 0.15) is 0 Å². The van der Waals surface area contributed by atoms with Gasteiger partial charge < -0.3 is 9.84 Å². The SMILES string of the molecule is O=C(O)c1ccc(COCc2cccc(C(F)(F)F)c2)cc1. The summed E-state index contributed by atoms with van der Waals surface area (Å²) in [6, 6.07) is 11.1. The Bertz CT molecular complexity index is 648. The van der Waals surface area contributed by atoms with Crippen molar-refractivity contribution in [1.82, 2.24) is 0 Å². The van der Waals surface area contributed by atoms with Crippen molar-refractivity contribution in [3.63, 3.8) is 0 Å². The van der Waals surface area contributed by atoms with Crippen LogP contribution in [0.15, 0.2) is 48.5 Å². The minimum absolute atomic E-state index is 0.0462. The molecule has 22 heavy (non-hydrogen) atoms. The van der Waals surface area contributed by atoms with Crippen LogP contribution in [0.2, 0.25) is 0 Å². The van der Waals surface area contributed by atoms with Crippen LogP contribution in [0.1, 0.15) is 27.0 Å². The number of rotatable bonds is 5. The van der Waals surface area contributed by atoms with Crippen LogP contribution in [0.25, 0.3) is 0 Å². The molecule has 0 aliphatic heterocycles. The first-order chi connectivity index (χ1) is 10.4. The monoisotopic (exact) mass is 310 g/mol. The summed E-state index contributed by atoms with van der Waals surface area (Å²) in [6.45, 7) is 0.237. The van der Waals surface area contributed by atoms with Crippen molar-refractivity contribution in [3.05, 3.63) is 70.8 Å². The Morgan fingerprint density at radius 3 is 2.23 bits per heavy atom. The smallest absolute Gasteiger partial charge is 0.416 e. The van der Waals surface area contributed by atoms with E-state index in [1.165, 1.54) is 18.2 Å². The number of ether oxygens (including phenoxy) is 1. The Hall–Kier alpha value is -2.34. The van der Waals surface area contributed by atoms with Gasteiger partial charge in [0.05, 0.1) is 24.3 Å². The number of hydrogen-bond donors (Lipinski definition) is 1. The molecule has 0 spiro atoms. The van der Waals surface area contributed by atoms with Crippen LogP contribution in [-0.4, -0.2) is 11.1 Å². The molecule has 0 atom stereocenters. The fraction of sp³-hybridized carbons (Fsp3) is 0.188. The minimum Gasteiger partial charge on any atom is -0.478 e. The van der Waals surface area contributed by atoms with Crippen LogP contribution >= 0.6 is 0 Å². The van der Waals surface area contributed by atoms with Gasteiger partial charge in [-0.1, -0.05) is 24.3 Å². The Labute approximate surface area is 125 Å². The molecule has 2 rings (SSSR count). The molecule has 0 bridgehead atoms. The molecule has 2 aromatic carbocycles. The number of carbonyl (C=O) groups is 1. The molecule has 0 fully saturated rings. The van der Waals surface area contributed by atoms with Gasteiger partial charge in [0.15, 0.2) is 0 Å². The van der Waals surface area contributed by atoms with Gasteiger partial charge in [-0.25, -0.2) is 4.79 Å². The normalized spacial score (nSPS) is 11.4. The zero-order chi connectivity index (χ0) is 16.2.